The monoisotopic (exact) mass is 251 g/mol. The van der Waals surface area contributed by atoms with Crippen LogP contribution < -0.4 is 5.73 Å². The van der Waals surface area contributed by atoms with Gasteiger partial charge in [-0.3, -0.25) is 0 Å². The van der Waals surface area contributed by atoms with Crippen molar-refractivity contribution >= 4 is 5.97 Å². The van der Waals surface area contributed by atoms with Crippen LogP contribution in [0.3, 0.4) is 0 Å². The summed E-state index contributed by atoms with van der Waals surface area (Å²) in [4.78, 5) is 15.6. The first-order valence-electron chi connectivity index (χ1n) is 6.35. The lowest BCUT2D eigenvalue weighted by Gasteiger charge is -2.24. The quantitative estimate of drug-likeness (QED) is 0.833. The van der Waals surface area contributed by atoms with Crippen LogP contribution in [0.1, 0.15) is 49.2 Å². The van der Waals surface area contributed by atoms with E-state index in [1.165, 1.54) is 0 Å². The Kier molecular flexibility index (Phi) is 3.19. The van der Waals surface area contributed by atoms with Crippen LogP contribution >= 0.6 is 0 Å². The number of carboxylic acid groups (broad SMARTS) is 1. The Bertz CT molecular complexity index is 471. The number of aromatic nitrogens is 2. The Hall–Kier alpha value is -1.36. The van der Waals surface area contributed by atoms with E-state index in [0.717, 1.165) is 30.9 Å². The van der Waals surface area contributed by atoms with E-state index in [-0.39, 0.29) is 17.2 Å². The second-order valence-corrected chi connectivity index (χ2v) is 6.27. The zero-order chi connectivity index (χ0) is 13.5. The largest absolute Gasteiger partial charge is 0.476 e. The van der Waals surface area contributed by atoms with E-state index in [2.05, 4.69) is 30.3 Å². The Labute approximate surface area is 107 Å². The highest BCUT2D eigenvalue weighted by Crippen LogP contribution is 2.26. The predicted octanol–water partition coefficient (Wildman–Crippen LogP) is 1.44. The molecule has 100 valence electrons. The first kappa shape index (κ1) is 13.1. The first-order valence-corrected chi connectivity index (χ1v) is 6.35. The molecular formula is C13H21N3O2. The first-order chi connectivity index (χ1) is 8.28. The SMILES string of the molecule is CC(C)(C)Cc1nc(C(=O)O)c2n1CCC(N)C2. The molecule has 3 N–H and O–H groups in total. The smallest absolute Gasteiger partial charge is 0.356 e. The zero-order valence-corrected chi connectivity index (χ0v) is 11.2. The number of carbonyl (C=O) groups is 1. The van der Waals surface area contributed by atoms with Gasteiger partial charge in [0, 0.05) is 25.4 Å². The summed E-state index contributed by atoms with van der Waals surface area (Å²) in [5.41, 5.74) is 6.99. The molecule has 0 aliphatic carbocycles. The Morgan fingerprint density at radius 2 is 2.22 bits per heavy atom. The minimum absolute atomic E-state index is 0.0507. The molecule has 1 atom stereocenters. The zero-order valence-electron chi connectivity index (χ0n) is 11.2. The van der Waals surface area contributed by atoms with Crippen LogP contribution in [0.25, 0.3) is 0 Å². The summed E-state index contributed by atoms with van der Waals surface area (Å²) in [5, 5.41) is 9.22. The van der Waals surface area contributed by atoms with E-state index in [1.54, 1.807) is 0 Å². The normalized spacial score (nSPS) is 19.7. The lowest BCUT2D eigenvalue weighted by Crippen LogP contribution is -2.32. The van der Waals surface area contributed by atoms with Gasteiger partial charge < -0.3 is 15.4 Å². The maximum Gasteiger partial charge on any atom is 0.356 e. The molecule has 0 bridgehead atoms. The van der Waals surface area contributed by atoms with Crippen LogP contribution in [0.4, 0.5) is 0 Å². The molecule has 18 heavy (non-hydrogen) atoms. The summed E-state index contributed by atoms with van der Waals surface area (Å²) in [6.07, 6.45) is 2.28. The number of hydrogen-bond acceptors (Lipinski definition) is 3. The fourth-order valence-corrected chi connectivity index (χ4v) is 2.43. The highest BCUT2D eigenvalue weighted by Gasteiger charge is 2.28. The van der Waals surface area contributed by atoms with Gasteiger partial charge in [0.2, 0.25) is 0 Å². The Morgan fingerprint density at radius 3 is 2.78 bits per heavy atom. The lowest BCUT2D eigenvalue weighted by atomic mass is 9.92. The lowest BCUT2D eigenvalue weighted by molar-refractivity contribution is 0.0689. The third-order valence-electron chi connectivity index (χ3n) is 3.22. The van der Waals surface area contributed by atoms with Crippen molar-refractivity contribution in [1.29, 1.82) is 0 Å². The molecule has 0 radical (unpaired) electrons. The summed E-state index contributed by atoms with van der Waals surface area (Å²) >= 11 is 0. The highest BCUT2D eigenvalue weighted by molar-refractivity contribution is 5.87. The third kappa shape index (κ3) is 2.56. The number of hydrogen-bond donors (Lipinski definition) is 2. The molecule has 0 fully saturated rings. The number of aromatic carboxylic acids is 1. The van der Waals surface area contributed by atoms with Gasteiger partial charge in [0.05, 0.1) is 5.69 Å². The van der Waals surface area contributed by atoms with Crippen molar-refractivity contribution in [1.82, 2.24) is 9.55 Å². The predicted molar refractivity (Wildman–Crippen MR) is 68.6 cm³/mol. The van der Waals surface area contributed by atoms with Gasteiger partial charge in [0.15, 0.2) is 5.69 Å². The van der Waals surface area contributed by atoms with Crippen molar-refractivity contribution in [2.24, 2.45) is 11.1 Å². The van der Waals surface area contributed by atoms with E-state index in [9.17, 15) is 9.90 Å². The fraction of sp³-hybridized carbons (Fsp3) is 0.692. The fourth-order valence-electron chi connectivity index (χ4n) is 2.43. The summed E-state index contributed by atoms with van der Waals surface area (Å²) in [7, 11) is 0. The van der Waals surface area contributed by atoms with Gasteiger partial charge in [0.1, 0.15) is 5.82 Å². The van der Waals surface area contributed by atoms with E-state index in [1.807, 2.05) is 0 Å². The molecule has 0 saturated carbocycles. The highest BCUT2D eigenvalue weighted by atomic mass is 16.4. The molecule has 1 aromatic heterocycles. The van der Waals surface area contributed by atoms with Gasteiger partial charge >= 0.3 is 5.97 Å². The van der Waals surface area contributed by atoms with Crippen LogP contribution in [-0.4, -0.2) is 26.7 Å². The minimum Gasteiger partial charge on any atom is -0.476 e. The molecule has 5 heteroatoms. The molecule has 2 rings (SSSR count). The van der Waals surface area contributed by atoms with Gasteiger partial charge in [-0.1, -0.05) is 20.8 Å². The minimum atomic E-state index is -0.951. The van der Waals surface area contributed by atoms with Crippen molar-refractivity contribution in [3.8, 4) is 0 Å². The molecule has 1 aromatic rings. The van der Waals surface area contributed by atoms with Gasteiger partial charge in [-0.05, 0) is 11.8 Å². The second kappa shape index (κ2) is 4.39. The van der Waals surface area contributed by atoms with E-state index in [0.29, 0.717) is 6.42 Å². The average Bonchev–Trinajstić information content (AvgIpc) is 2.54. The maximum atomic E-state index is 11.2. The van der Waals surface area contributed by atoms with Crippen molar-refractivity contribution in [3.05, 3.63) is 17.2 Å². The molecular weight excluding hydrogens is 230 g/mol. The number of nitrogens with zero attached hydrogens (tertiary/aromatic N) is 2. The number of fused-ring (bicyclic) bond motifs is 1. The number of imidazole rings is 1. The van der Waals surface area contributed by atoms with Crippen LogP contribution in [-0.2, 0) is 19.4 Å². The Balaban J connectivity index is 2.43. The molecule has 2 heterocycles. The molecule has 5 nitrogen and oxygen atoms in total. The molecule has 0 amide bonds. The van der Waals surface area contributed by atoms with E-state index in [4.69, 9.17) is 5.73 Å². The topological polar surface area (TPSA) is 81.1 Å². The summed E-state index contributed by atoms with van der Waals surface area (Å²) < 4.78 is 2.05. The number of rotatable bonds is 2. The molecule has 1 unspecified atom stereocenters. The van der Waals surface area contributed by atoms with Crippen molar-refractivity contribution in [2.45, 2.75) is 52.6 Å². The van der Waals surface area contributed by atoms with Gasteiger partial charge in [-0.2, -0.15) is 0 Å². The van der Waals surface area contributed by atoms with Crippen LogP contribution in [0, 0.1) is 5.41 Å². The van der Waals surface area contributed by atoms with Gasteiger partial charge in [-0.15, -0.1) is 0 Å². The van der Waals surface area contributed by atoms with E-state index < -0.39 is 5.97 Å². The van der Waals surface area contributed by atoms with Crippen LogP contribution in [0.2, 0.25) is 0 Å². The van der Waals surface area contributed by atoms with Crippen molar-refractivity contribution < 1.29 is 9.90 Å². The molecule has 0 spiro atoms. The molecule has 1 aliphatic rings. The second-order valence-electron chi connectivity index (χ2n) is 6.27. The molecule has 0 aromatic carbocycles. The van der Waals surface area contributed by atoms with Crippen molar-refractivity contribution in [2.75, 3.05) is 0 Å². The number of carboxylic acids is 1. The molecule has 0 saturated heterocycles. The summed E-state index contributed by atoms with van der Waals surface area (Å²) in [6.45, 7) is 7.17. The average molecular weight is 251 g/mol. The Morgan fingerprint density at radius 1 is 1.56 bits per heavy atom. The molecule has 1 aliphatic heterocycles. The summed E-state index contributed by atoms with van der Waals surface area (Å²) in [6, 6.07) is 0.0507. The van der Waals surface area contributed by atoms with Gasteiger partial charge in [-0.25, -0.2) is 9.78 Å². The van der Waals surface area contributed by atoms with E-state index >= 15 is 0 Å². The standard InChI is InChI=1S/C13H21N3O2/c1-13(2,3)7-10-15-11(12(17)18)9-6-8(14)4-5-16(9)10/h8H,4-7,14H2,1-3H3,(H,17,18). The van der Waals surface area contributed by atoms with Crippen LogP contribution in [0.5, 0.6) is 0 Å². The third-order valence-corrected chi connectivity index (χ3v) is 3.22. The van der Waals surface area contributed by atoms with Crippen LogP contribution in [0.15, 0.2) is 0 Å². The summed E-state index contributed by atoms with van der Waals surface area (Å²) in [5.74, 6) is -0.0743. The van der Waals surface area contributed by atoms with Crippen molar-refractivity contribution in [3.63, 3.8) is 0 Å². The maximum absolute atomic E-state index is 11.2. The van der Waals surface area contributed by atoms with Gasteiger partial charge in [0.25, 0.3) is 0 Å². The number of nitrogens with two attached hydrogens (primary N) is 1.